The Labute approximate surface area is 509 Å². The van der Waals surface area contributed by atoms with Crippen molar-refractivity contribution < 1.29 is 66.0 Å². The third-order valence-electron chi connectivity index (χ3n) is 16.5. The van der Waals surface area contributed by atoms with Crippen LogP contribution in [0.5, 0.6) is 34.9 Å². The minimum atomic E-state index is -1.58. The predicted octanol–water partition coefficient (Wildman–Crippen LogP) is 13.4. The molecule has 0 aliphatic carbocycles. The van der Waals surface area contributed by atoms with Crippen LogP contribution in [-0.2, 0) is 62.2 Å². The third-order valence-corrected chi connectivity index (χ3v) is 16.8. The van der Waals surface area contributed by atoms with Gasteiger partial charge in [-0.1, -0.05) is 36.7 Å². The molecule has 6 aromatic rings. The molecule has 3 aliphatic rings. The number of ketones is 6. The molecule has 9 rings (SSSR count). The molecule has 454 valence electrons. The van der Waals surface area contributed by atoms with Crippen molar-refractivity contribution in [3.8, 4) is 41.0 Å². The summed E-state index contributed by atoms with van der Waals surface area (Å²) in [6.45, 7) is 19.9. The molecule has 0 saturated carbocycles. The molecule has 0 amide bonds. The Morgan fingerprint density at radius 2 is 1.00 bits per heavy atom. The number of hydrogen-bond donors (Lipinski definition) is 0. The van der Waals surface area contributed by atoms with Gasteiger partial charge in [-0.3, -0.25) is 28.8 Å². The molecule has 0 spiro atoms. The summed E-state index contributed by atoms with van der Waals surface area (Å²) >= 11 is 6.61. The highest BCUT2D eigenvalue weighted by molar-refractivity contribution is 6.31. The predicted molar refractivity (Wildman–Crippen MR) is 317 cm³/mol. The van der Waals surface area contributed by atoms with Crippen molar-refractivity contribution in [2.24, 2.45) is 0 Å². The minimum absolute atomic E-state index is 0.0864. The summed E-state index contributed by atoms with van der Waals surface area (Å²) < 4.78 is 65.5. The van der Waals surface area contributed by atoms with Crippen molar-refractivity contribution in [2.75, 3.05) is 0 Å². The van der Waals surface area contributed by atoms with Gasteiger partial charge in [0.05, 0.1) is 11.6 Å². The van der Waals surface area contributed by atoms with E-state index in [1.807, 2.05) is 13.8 Å². The second-order valence-corrected chi connectivity index (χ2v) is 25.4. The van der Waals surface area contributed by atoms with E-state index in [1.165, 1.54) is 24.4 Å². The van der Waals surface area contributed by atoms with Crippen molar-refractivity contribution in [2.45, 2.75) is 179 Å². The van der Waals surface area contributed by atoms with Gasteiger partial charge in [-0.2, -0.15) is 14.6 Å². The number of benzene rings is 3. The zero-order valence-electron chi connectivity index (χ0n) is 50.7. The average Bonchev–Trinajstić information content (AvgIpc) is 0.797. The minimum Gasteiger partial charge on any atom is -0.439 e. The van der Waals surface area contributed by atoms with Gasteiger partial charge in [0.2, 0.25) is 23.6 Å². The summed E-state index contributed by atoms with van der Waals surface area (Å²) in [5.41, 5.74) is -4.77. The molecule has 19 heteroatoms. The monoisotopic (exact) mass is 1210 g/mol. The van der Waals surface area contributed by atoms with Gasteiger partial charge in [0.1, 0.15) is 79.4 Å². The van der Waals surface area contributed by atoms with E-state index in [-0.39, 0.29) is 78.4 Å². The van der Waals surface area contributed by atoms with Gasteiger partial charge < -0.3 is 28.4 Å². The number of Topliss-reactive ketones (excluding diaryl/α,β-unsaturated/α-hetero) is 6. The fourth-order valence-electron chi connectivity index (χ4n) is 12.3. The molecule has 16 nitrogen and oxygen atoms in total. The maximum absolute atomic E-state index is 15.5. The Kier molecular flexibility index (Phi) is 17.5. The van der Waals surface area contributed by atoms with E-state index in [2.05, 4.69) is 21.0 Å². The highest BCUT2D eigenvalue weighted by Crippen LogP contribution is 2.47. The van der Waals surface area contributed by atoms with E-state index in [0.717, 1.165) is 11.6 Å². The van der Waals surface area contributed by atoms with Crippen LogP contribution < -0.4 is 14.2 Å². The number of aromatic nitrogens is 3. The average molecular weight is 1210 g/mol. The van der Waals surface area contributed by atoms with Crippen molar-refractivity contribution in [1.29, 1.82) is 5.26 Å². The number of hydrogen-bond acceptors (Lipinski definition) is 16. The Bertz CT molecular complexity index is 3790. The van der Waals surface area contributed by atoms with Crippen molar-refractivity contribution in [3.05, 3.63) is 159 Å². The number of ether oxygens (including phenoxy) is 6. The fourth-order valence-corrected chi connectivity index (χ4v) is 12.6. The van der Waals surface area contributed by atoms with Crippen LogP contribution in [0.1, 0.15) is 164 Å². The number of rotatable bonds is 18. The van der Waals surface area contributed by atoms with Gasteiger partial charge in [0.25, 0.3) is 0 Å². The third kappa shape index (κ3) is 13.0. The van der Waals surface area contributed by atoms with Crippen molar-refractivity contribution >= 4 is 46.3 Å². The van der Waals surface area contributed by atoms with E-state index in [4.69, 9.17) is 40.0 Å². The summed E-state index contributed by atoms with van der Waals surface area (Å²) in [4.78, 5) is 101. The van der Waals surface area contributed by atoms with Gasteiger partial charge >= 0.3 is 0 Å². The van der Waals surface area contributed by atoms with Gasteiger partial charge in [-0.15, -0.1) is 0 Å². The zero-order valence-corrected chi connectivity index (χ0v) is 51.5. The van der Waals surface area contributed by atoms with Crippen LogP contribution >= 0.6 is 11.6 Å². The first-order valence-corrected chi connectivity index (χ1v) is 29.3. The lowest BCUT2D eigenvalue weighted by atomic mass is 9.70. The summed E-state index contributed by atoms with van der Waals surface area (Å²) in [6.07, 6.45) is 4.61. The van der Waals surface area contributed by atoms with Crippen LogP contribution in [0.25, 0.3) is 0 Å². The molecule has 3 fully saturated rings. The first-order chi connectivity index (χ1) is 40.8. The van der Waals surface area contributed by atoms with Crippen LogP contribution in [-0.4, -0.2) is 83.3 Å². The fraction of sp³-hybridized carbons (Fsp3) is 0.412. The van der Waals surface area contributed by atoms with Gasteiger partial charge in [0, 0.05) is 30.6 Å². The Balaban J connectivity index is 1.02. The van der Waals surface area contributed by atoms with Crippen LogP contribution in [0.15, 0.2) is 97.3 Å². The van der Waals surface area contributed by atoms with E-state index < -0.39 is 97.8 Å². The summed E-state index contributed by atoms with van der Waals surface area (Å²) in [5, 5.41) is 9.76. The lowest BCUT2D eigenvalue weighted by Crippen LogP contribution is -2.59. The smallest absolute Gasteiger partial charge is 0.238 e. The van der Waals surface area contributed by atoms with Gasteiger partial charge in [-0.25, -0.2) is 14.4 Å². The normalized spacial score (nSPS) is 22.5. The summed E-state index contributed by atoms with van der Waals surface area (Å²) in [6, 6.07) is 23.1. The first kappa shape index (κ1) is 63.5. The highest BCUT2D eigenvalue weighted by Gasteiger charge is 2.58. The van der Waals surface area contributed by atoms with Crippen molar-refractivity contribution in [3.63, 3.8) is 0 Å². The molecular formula is C68H69ClF2N4O12. The van der Waals surface area contributed by atoms with E-state index in [0.29, 0.717) is 51.4 Å². The number of nitriles is 1. The number of nitrogens with zero attached hydrogens (tertiary/aromatic N) is 4. The molecule has 0 bridgehead atoms. The van der Waals surface area contributed by atoms with Crippen LogP contribution in [0.2, 0.25) is 5.02 Å². The lowest BCUT2D eigenvalue weighted by molar-refractivity contribution is -0.189. The second kappa shape index (κ2) is 24.0. The molecule has 3 aromatic carbocycles. The SMILES string of the molecule is CCc1ccc(Oc2cc(F)cc(F)n2)cc1C1C(=O)C(C)(C)OC(C)(CCCc2ccc(Oc3ncc(C)cc3Cl)cc2C2C(=O)C(C)(C)OC(C)(CCCc3ccc(Oc4cc(C#N)ccn4)cc3C3C(=O)C(C)(C)OC(C)(C)C3=O)C2=O)C1=O. The molecule has 6 heterocycles. The molecule has 0 N–H and O–H groups in total. The van der Waals surface area contributed by atoms with Crippen LogP contribution in [0.4, 0.5) is 8.78 Å². The zero-order chi connectivity index (χ0) is 63.3. The number of halogens is 3. The van der Waals surface area contributed by atoms with E-state index in [9.17, 15) is 38.0 Å². The number of aryl methyl sites for hydroxylation is 4. The topological polar surface area (TPSA) is 220 Å². The lowest BCUT2D eigenvalue weighted by Gasteiger charge is -2.45. The molecule has 4 unspecified atom stereocenters. The molecule has 3 aromatic heterocycles. The number of pyridine rings is 3. The highest BCUT2D eigenvalue weighted by atomic mass is 35.5. The maximum Gasteiger partial charge on any atom is 0.238 e. The van der Waals surface area contributed by atoms with Gasteiger partial charge in [-0.05, 0) is 209 Å². The summed E-state index contributed by atoms with van der Waals surface area (Å²) in [5.74, 6) is -8.46. The molecular weight excluding hydrogens is 1140 g/mol. The number of carbonyl (C=O) groups is 6. The quantitative estimate of drug-likeness (QED) is 0.0577. The van der Waals surface area contributed by atoms with E-state index in [1.54, 1.807) is 130 Å². The first-order valence-electron chi connectivity index (χ1n) is 28.9. The Morgan fingerprint density at radius 3 is 1.47 bits per heavy atom. The van der Waals surface area contributed by atoms with E-state index >= 15 is 4.79 Å². The maximum atomic E-state index is 15.5. The molecule has 4 atom stereocenters. The van der Waals surface area contributed by atoms with Crippen LogP contribution in [0.3, 0.4) is 0 Å². The molecule has 3 saturated heterocycles. The van der Waals surface area contributed by atoms with Crippen molar-refractivity contribution in [1.82, 2.24) is 15.0 Å². The standard InChI is InChI=1S/C68H69ClF2N4O12/c1-13-39-18-21-44(83-52-31-42(70)30-50(71)75-52)32-46(39)54-58(78)65(7,8)86-67(11,60(54)80)25-15-17-41-20-23-45(84-62-49(69)28-37(2)36-74-62)34-48(41)55-59(79)66(9,10)87-68(12,61(55)81)26-14-16-40-19-22-43(82-51-29-38(35-72)24-27-73-51)33-47(40)53-56(76)63(3,4)85-64(5,6)57(53)77/h18-24,27-34,36,53-55H,13-17,25-26H2,1-12H3. The summed E-state index contributed by atoms with van der Waals surface area (Å²) in [7, 11) is 0. The molecule has 3 aliphatic heterocycles. The van der Waals surface area contributed by atoms with Gasteiger partial charge in [0.15, 0.2) is 34.7 Å². The number of carbonyl (C=O) groups excluding carboxylic acids is 6. The molecule has 87 heavy (non-hydrogen) atoms. The molecule has 0 radical (unpaired) electrons. The Hall–Kier alpha value is -7.95. The largest absolute Gasteiger partial charge is 0.439 e. The Morgan fingerprint density at radius 1 is 0.552 bits per heavy atom. The van der Waals surface area contributed by atoms with Crippen LogP contribution in [0, 0.1) is 30.0 Å². The second-order valence-electron chi connectivity index (χ2n) is 25.0.